The lowest BCUT2D eigenvalue weighted by atomic mass is 10.1. The lowest BCUT2D eigenvalue weighted by molar-refractivity contribution is 0.238. The molecule has 2 nitrogen and oxygen atoms in total. The average molecular weight is 242 g/mol. The van der Waals surface area contributed by atoms with E-state index in [4.69, 9.17) is 16.3 Å². The Balaban J connectivity index is 2.57. The highest BCUT2D eigenvalue weighted by Crippen LogP contribution is 2.21. The van der Waals surface area contributed by atoms with Crippen LogP contribution in [0.1, 0.15) is 19.4 Å². The average Bonchev–Trinajstić information content (AvgIpc) is 2.23. The number of hydrogen-bond acceptors (Lipinski definition) is 2. The summed E-state index contributed by atoms with van der Waals surface area (Å²) >= 11 is 5.95. The Labute approximate surface area is 103 Å². The van der Waals surface area contributed by atoms with Crippen LogP contribution in [0.15, 0.2) is 18.2 Å². The van der Waals surface area contributed by atoms with Crippen molar-refractivity contribution in [3.05, 3.63) is 28.8 Å². The second-order valence-electron chi connectivity index (χ2n) is 4.36. The van der Waals surface area contributed by atoms with Gasteiger partial charge in [0.1, 0.15) is 12.4 Å². The van der Waals surface area contributed by atoms with Crippen LogP contribution >= 0.6 is 11.6 Å². The molecule has 0 aliphatic rings. The van der Waals surface area contributed by atoms with Gasteiger partial charge in [0.2, 0.25) is 0 Å². The topological polar surface area (TPSA) is 21.3 Å². The zero-order valence-corrected chi connectivity index (χ0v) is 11.1. The Morgan fingerprint density at radius 2 is 2.06 bits per heavy atom. The number of hydrogen-bond donors (Lipinski definition) is 1. The van der Waals surface area contributed by atoms with Crippen LogP contribution in [-0.4, -0.2) is 19.7 Å². The number of nitrogens with one attached hydrogen (secondary N) is 1. The molecule has 1 aromatic rings. The van der Waals surface area contributed by atoms with Crippen molar-refractivity contribution in [2.75, 3.05) is 13.7 Å². The summed E-state index contributed by atoms with van der Waals surface area (Å²) in [7, 11) is 1.96. The van der Waals surface area contributed by atoms with Gasteiger partial charge in [-0.05, 0) is 43.7 Å². The minimum Gasteiger partial charge on any atom is -0.492 e. The van der Waals surface area contributed by atoms with Crippen molar-refractivity contribution in [2.45, 2.75) is 26.8 Å². The molecule has 0 radical (unpaired) electrons. The highest BCUT2D eigenvalue weighted by molar-refractivity contribution is 6.31. The molecule has 0 aromatic heterocycles. The quantitative estimate of drug-likeness (QED) is 0.855. The summed E-state index contributed by atoms with van der Waals surface area (Å²) in [4.78, 5) is 0. The smallest absolute Gasteiger partial charge is 0.119 e. The van der Waals surface area contributed by atoms with Gasteiger partial charge < -0.3 is 10.1 Å². The van der Waals surface area contributed by atoms with Gasteiger partial charge in [-0.2, -0.15) is 0 Å². The van der Waals surface area contributed by atoms with Crippen LogP contribution in [0.5, 0.6) is 5.75 Å². The van der Waals surface area contributed by atoms with E-state index >= 15 is 0 Å². The normalized spacial score (nSPS) is 12.9. The van der Waals surface area contributed by atoms with E-state index < -0.39 is 0 Å². The molecule has 1 aromatic carbocycles. The summed E-state index contributed by atoms with van der Waals surface area (Å²) in [6.45, 7) is 7.01. The summed E-state index contributed by atoms with van der Waals surface area (Å²) in [5, 5.41) is 4.03. The molecule has 16 heavy (non-hydrogen) atoms. The molecule has 1 atom stereocenters. The Bertz CT molecular complexity index is 339. The van der Waals surface area contributed by atoms with Gasteiger partial charge >= 0.3 is 0 Å². The van der Waals surface area contributed by atoms with Gasteiger partial charge in [0.15, 0.2) is 0 Å². The molecule has 90 valence electrons. The third-order valence-electron chi connectivity index (χ3n) is 2.73. The predicted octanol–water partition coefficient (Wildman–Crippen LogP) is 3.27. The van der Waals surface area contributed by atoms with E-state index in [9.17, 15) is 0 Å². The largest absolute Gasteiger partial charge is 0.492 e. The van der Waals surface area contributed by atoms with Crippen LogP contribution in [0.4, 0.5) is 0 Å². The van der Waals surface area contributed by atoms with E-state index in [1.165, 1.54) is 0 Å². The fourth-order valence-electron chi connectivity index (χ4n) is 1.50. The third kappa shape index (κ3) is 3.69. The molecule has 0 saturated carbocycles. The first kappa shape index (κ1) is 13.3. The molecule has 0 saturated heterocycles. The van der Waals surface area contributed by atoms with Crippen molar-refractivity contribution in [1.82, 2.24) is 5.32 Å². The van der Waals surface area contributed by atoms with E-state index in [0.717, 1.165) is 16.3 Å². The van der Waals surface area contributed by atoms with E-state index in [-0.39, 0.29) is 0 Å². The lowest BCUT2D eigenvalue weighted by Crippen LogP contribution is -2.36. The second-order valence-corrected chi connectivity index (χ2v) is 4.77. The van der Waals surface area contributed by atoms with Crippen molar-refractivity contribution >= 4 is 11.6 Å². The van der Waals surface area contributed by atoms with Gasteiger partial charge in [0.25, 0.3) is 0 Å². The van der Waals surface area contributed by atoms with Crippen molar-refractivity contribution in [1.29, 1.82) is 0 Å². The Morgan fingerprint density at radius 3 is 2.56 bits per heavy atom. The number of aryl methyl sites for hydroxylation is 1. The maximum Gasteiger partial charge on any atom is 0.119 e. The van der Waals surface area contributed by atoms with Gasteiger partial charge in [-0.1, -0.05) is 25.4 Å². The number of ether oxygens (including phenoxy) is 1. The first-order valence-electron chi connectivity index (χ1n) is 5.60. The molecule has 0 bridgehead atoms. The fourth-order valence-corrected chi connectivity index (χ4v) is 1.62. The third-order valence-corrected chi connectivity index (χ3v) is 3.16. The molecule has 1 rings (SSSR count). The minimum atomic E-state index is 0.371. The molecular weight excluding hydrogens is 222 g/mol. The maximum absolute atomic E-state index is 5.95. The standard InChI is InChI=1S/C13H20ClNO/c1-9(2)13(15-4)8-16-11-5-6-12(14)10(3)7-11/h5-7,9,13,15H,8H2,1-4H3. The second kappa shape index (κ2) is 6.12. The van der Waals surface area contributed by atoms with E-state index in [2.05, 4.69) is 19.2 Å². The van der Waals surface area contributed by atoms with Crippen LogP contribution in [0.25, 0.3) is 0 Å². The van der Waals surface area contributed by atoms with E-state index in [0.29, 0.717) is 18.6 Å². The van der Waals surface area contributed by atoms with Crippen LogP contribution < -0.4 is 10.1 Å². The minimum absolute atomic E-state index is 0.371. The van der Waals surface area contributed by atoms with Crippen LogP contribution in [0, 0.1) is 12.8 Å². The van der Waals surface area contributed by atoms with Crippen LogP contribution in [0.2, 0.25) is 5.02 Å². The SMILES string of the molecule is CNC(COc1ccc(Cl)c(C)c1)C(C)C. The van der Waals surface area contributed by atoms with Crippen molar-refractivity contribution in [3.8, 4) is 5.75 Å². The number of halogens is 1. The molecule has 0 fully saturated rings. The van der Waals surface area contributed by atoms with Crippen LogP contribution in [0.3, 0.4) is 0 Å². The highest BCUT2D eigenvalue weighted by Gasteiger charge is 2.11. The van der Waals surface area contributed by atoms with Gasteiger partial charge in [-0.25, -0.2) is 0 Å². The van der Waals surface area contributed by atoms with Gasteiger partial charge in [-0.15, -0.1) is 0 Å². The molecule has 0 aliphatic heterocycles. The van der Waals surface area contributed by atoms with E-state index in [1.807, 2.05) is 32.2 Å². The molecule has 0 aliphatic carbocycles. The molecule has 1 unspecified atom stereocenters. The number of benzene rings is 1. The summed E-state index contributed by atoms with van der Waals surface area (Å²) in [5.41, 5.74) is 1.05. The predicted molar refractivity (Wildman–Crippen MR) is 69.4 cm³/mol. The molecular formula is C13H20ClNO. The van der Waals surface area contributed by atoms with Crippen molar-refractivity contribution in [2.24, 2.45) is 5.92 Å². The zero-order valence-electron chi connectivity index (χ0n) is 10.4. The Hall–Kier alpha value is -0.730. The summed E-state index contributed by atoms with van der Waals surface area (Å²) in [6, 6.07) is 6.12. The molecule has 1 N–H and O–H groups in total. The van der Waals surface area contributed by atoms with Crippen molar-refractivity contribution < 1.29 is 4.74 Å². The molecule has 0 spiro atoms. The number of rotatable bonds is 5. The zero-order chi connectivity index (χ0) is 12.1. The Morgan fingerprint density at radius 1 is 1.38 bits per heavy atom. The summed E-state index contributed by atoms with van der Waals surface area (Å²) in [5.74, 6) is 1.43. The maximum atomic E-state index is 5.95. The molecule has 3 heteroatoms. The summed E-state index contributed by atoms with van der Waals surface area (Å²) in [6.07, 6.45) is 0. The first-order chi connectivity index (χ1) is 7.54. The number of likely N-dealkylation sites (N-methyl/N-ethyl adjacent to an activating group) is 1. The van der Waals surface area contributed by atoms with Gasteiger partial charge in [-0.3, -0.25) is 0 Å². The van der Waals surface area contributed by atoms with Gasteiger partial charge in [0, 0.05) is 11.1 Å². The highest BCUT2D eigenvalue weighted by atomic mass is 35.5. The molecule has 0 amide bonds. The molecule has 0 heterocycles. The van der Waals surface area contributed by atoms with Crippen LogP contribution in [-0.2, 0) is 0 Å². The van der Waals surface area contributed by atoms with E-state index in [1.54, 1.807) is 0 Å². The Kier molecular flexibility index (Phi) is 5.10. The van der Waals surface area contributed by atoms with Gasteiger partial charge in [0.05, 0.1) is 0 Å². The first-order valence-corrected chi connectivity index (χ1v) is 5.98. The van der Waals surface area contributed by atoms with Crippen molar-refractivity contribution in [3.63, 3.8) is 0 Å². The monoisotopic (exact) mass is 241 g/mol. The summed E-state index contributed by atoms with van der Waals surface area (Å²) < 4.78 is 5.74. The lowest BCUT2D eigenvalue weighted by Gasteiger charge is -2.20. The fraction of sp³-hybridized carbons (Fsp3) is 0.538.